The van der Waals surface area contributed by atoms with Crippen LogP contribution in [0.4, 0.5) is 0 Å². The molecule has 25 heavy (non-hydrogen) atoms. The predicted octanol–water partition coefficient (Wildman–Crippen LogP) is 4.30. The summed E-state index contributed by atoms with van der Waals surface area (Å²) in [6, 6.07) is 13.4. The molecule has 0 aromatic heterocycles. The monoisotopic (exact) mass is 376 g/mol. The second kappa shape index (κ2) is 8.22. The SMILES string of the molecule is Cc1ccc(C(=O)N2CCN(CCc3ccc(Cl)cc3Cl)CC2)cc1. The van der Waals surface area contributed by atoms with Gasteiger partial charge in [0.15, 0.2) is 0 Å². The highest BCUT2D eigenvalue weighted by Crippen LogP contribution is 2.21. The van der Waals surface area contributed by atoms with Crippen LogP contribution in [-0.2, 0) is 6.42 Å². The van der Waals surface area contributed by atoms with Crippen molar-refractivity contribution in [2.24, 2.45) is 0 Å². The summed E-state index contributed by atoms with van der Waals surface area (Å²) in [5.74, 6) is 0.125. The van der Waals surface area contributed by atoms with Crippen LogP contribution in [0.2, 0.25) is 10.0 Å². The number of carbonyl (C=O) groups is 1. The lowest BCUT2D eigenvalue weighted by Gasteiger charge is -2.34. The Morgan fingerprint density at radius 2 is 1.68 bits per heavy atom. The Balaban J connectivity index is 1.50. The van der Waals surface area contributed by atoms with E-state index >= 15 is 0 Å². The molecule has 1 amide bonds. The van der Waals surface area contributed by atoms with Crippen molar-refractivity contribution < 1.29 is 4.79 Å². The van der Waals surface area contributed by atoms with Gasteiger partial charge in [0.1, 0.15) is 0 Å². The van der Waals surface area contributed by atoms with E-state index in [1.54, 1.807) is 6.07 Å². The molecule has 1 fully saturated rings. The first kappa shape index (κ1) is 18.2. The van der Waals surface area contributed by atoms with Crippen molar-refractivity contribution in [1.82, 2.24) is 9.80 Å². The molecule has 0 N–H and O–H groups in total. The van der Waals surface area contributed by atoms with Gasteiger partial charge < -0.3 is 4.90 Å². The van der Waals surface area contributed by atoms with Crippen LogP contribution in [0.3, 0.4) is 0 Å². The van der Waals surface area contributed by atoms with Crippen LogP contribution in [0.1, 0.15) is 21.5 Å². The van der Waals surface area contributed by atoms with Gasteiger partial charge in [-0.15, -0.1) is 0 Å². The molecule has 1 heterocycles. The highest BCUT2D eigenvalue weighted by atomic mass is 35.5. The van der Waals surface area contributed by atoms with Crippen LogP contribution in [-0.4, -0.2) is 48.4 Å². The van der Waals surface area contributed by atoms with Crippen molar-refractivity contribution in [1.29, 1.82) is 0 Å². The zero-order valence-electron chi connectivity index (χ0n) is 14.3. The molecular formula is C20H22Cl2N2O. The summed E-state index contributed by atoms with van der Waals surface area (Å²) >= 11 is 12.2. The van der Waals surface area contributed by atoms with Crippen LogP contribution in [0.5, 0.6) is 0 Å². The topological polar surface area (TPSA) is 23.6 Å². The smallest absolute Gasteiger partial charge is 0.253 e. The normalized spacial score (nSPS) is 15.4. The molecule has 1 saturated heterocycles. The molecule has 0 bridgehead atoms. The van der Waals surface area contributed by atoms with Gasteiger partial charge in [0.05, 0.1) is 0 Å². The maximum atomic E-state index is 12.6. The number of rotatable bonds is 4. The first-order chi connectivity index (χ1) is 12.0. The molecule has 5 heteroatoms. The van der Waals surface area contributed by atoms with Crippen molar-refractivity contribution in [3.05, 3.63) is 69.2 Å². The number of carbonyl (C=O) groups excluding carboxylic acids is 1. The molecule has 1 aliphatic heterocycles. The van der Waals surface area contributed by atoms with Gasteiger partial charge in [0, 0.05) is 48.3 Å². The summed E-state index contributed by atoms with van der Waals surface area (Å²) in [6.45, 7) is 6.28. The summed E-state index contributed by atoms with van der Waals surface area (Å²) in [5, 5.41) is 1.39. The number of hydrogen-bond acceptors (Lipinski definition) is 2. The van der Waals surface area contributed by atoms with E-state index < -0.39 is 0 Å². The lowest BCUT2D eigenvalue weighted by Crippen LogP contribution is -2.49. The van der Waals surface area contributed by atoms with E-state index in [1.807, 2.05) is 48.2 Å². The van der Waals surface area contributed by atoms with E-state index in [4.69, 9.17) is 23.2 Å². The van der Waals surface area contributed by atoms with E-state index in [1.165, 1.54) is 5.56 Å². The number of piperazine rings is 1. The highest BCUT2D eigenvalue weighted by molar-refractivity contribution is 6.35. The number of benzene rings is 2. The lowest BCUT2D eigenvalue weighted by atomic mass is 10.1. The average molecular weight is 377 g/mol. The molecular weight excluding hydrogens is 355 g/mol. The Morgan fingerprint density at radius 3 is 2.32 bits per heavy atom. The zero-order chi connectivity index (χ0) is 17.8. The highest BCUT2D eigenvalue weighted by Gasteiger charge is 2.22. The van der Waals surface area contributed by atoms with Crippen molar-refractivity contribution in [2.45, 2.75) is 13.3 Å². The number of halogens is 2. The van der Waals surface area contributed by atoms with Crippen LogP contribution in [0.15, 0.2) is 42.5 Å². The van der Waals surface area contributed by atoms with Gasteiger partial charge in [-0.25, -0.2) is 0 Å². The van der Waals surface area contributed by atoms with E-state index in [9.17, 15) is 4.79 Å². The van der Waals surface area contributed by atoms with Gasteiger partial charge in [-0.2, -0.15) is 0 Å². The Kier molecular flexibility index (Phi) is 6.00. The van der Waals surface area contributed by atoms with E-state index in [0.29, 0.717) is 5.02 Å². The summed E-state index contributed by atoms with van der Waals surface area (Å²) < 4.78 is 0. The fourth-order valence-electron chi connectivity index (χ4n) is 3.06. The third kappa shape index (κ3) is 4.75. The molecule has 2 aromatic carbocycles. The molecule has 3 nitrogen and oxygen atoms in total. The van der Waals surface area contributed by atoms with Gasteiger partial charge in [0.25, 0.3) is 5.91 Å². The van der Waals surface area contributed by atoms with Crippen molar-refractivity contribution in [3.63, 3.8) is 0 Å². The summed E-state index contributed by atoms with van der Waals surface area (Å²) in [7, 11) is 0. The Bertz CT molecular complexity index is 738. The minimum Gasteiger partial charge on any atom is -0.336 e. The minimum absolute atomic E-state index is 0.125. The zero-order valence-corrected chi connectivity index (χ0v) is 15.9. The fraction of sp³-hybridized carbons (Fsp3) is 0.350. The van der Waals surface area contributed by atoms with Crippen LogP contribution in [0, 0.1) is 6.92 Å². The minimum atomic E-state index is 0.125. The van der Waals surface area contributed by atoms with Gasteiger partial charge in [0.2, 0.25) is 0 Å². The van der Waals surface area contributed by atoms with Crippen molar-refractivity contribution in [3.8, 4) is 0 Å². The first-order valence-electron chi connectivity index (χ1n) is 8.55. The average Bonchev–Trinajstić information content (AvgIpc) is 2.61. The molecule has 1 aliphatic rings. The number of nitrogens with zero attached hydrogens (tertiary/aromatic N) is 2. The number of amides is 1. The maximum Gasteiger partial charge on any atom is 0.253 e. The second-order valence-electron chi connectivity index (χ2n) is 6.49. The van der Waals surface area contributed by atoms with E-state index in [2.05, 4.69) is 4.90 Å². The Labute approximate surface area is 159 Å². The predicted molar refractivity (Wildman–Crippen MR) is 104 cm³/mol. The molecule has 0 aliphatic carbocycles. The number of aryl methyl sites for hydroxylation is 1. The third-order valence-electron chi connectivity index (χ3n) is 4.67. The van der Waals surface area contributed by atoms with Crippen molar-refractivity contribution in [2.75, 3.05) is 32.7 Å². The van der Waals surface area contributed by atoms with Gasteiger partial charge in [-0.05, 0) is 43.2 Å². The number of hydrogen-bond donors (Lipinski definition) is 0. The molecule has 0 spiro atoms. The molecule has 0 atom stereocenters. The van der Waals surface area contributed by atoms with Gasteiger partial charge in [-0.1, -0.05) is 47.0 Å². The first-order valence-corrected chi connectivity index (χ1v) is 9.31. The third-order valence-corrected chi connectivity index (χ3v) is 5.26. The van der Waals surface area contributed by atoms with Gasteiger partial charge in [-0.3, -0.25) is 9.69 Å². The standard InChI is InChI=1S/C20H22Cl2N2O/c1-15-2-4-17(5-3-15)20(25)24-12-10-23(11-13-24)9-8-16-6-7-18(21)14-19(16)22/h2-7,14H,8-13H2,1H3. The second-order valence-corrected chi connectivity index (χ2v) is 7.33. The molecule has 2 aromatic rings. The molecule has 0 saturated carbocycles. The summed E-state index contributed by atoms with van der Waals surface area (Å²) in [6.07, 6.45) is 0.891. The van der Waals surface area contributed by atoms with Gasteiger partial charge >= 0.3 is 0 Å². The quantitative estimate of drug-likeness (QED) is 0.793. The molecule has 132 valence electrons. The molecule has 0 radical (unpaired) electrons. The van der Waals surface area contributed by atoms with E-state index in [0.717, 1.165) is 55.3 Å². The van der Waals surface area contributed by atoms with Crippen molar-refractivity contribution >= 4 is 29.1 Å². The van der Waals surface area contributed by atoms with Crippen LogP contribution < -0.4 is 0 Å². The molecule has 3 rings (SSSR count). The Morgan fingerprint density at radius 1 is 1.00 bits per heavy atom. The van der Waals surface area contributed by atoms with E-state index in [-0.39, 0.29) is 5.91 Å². The van der Waals surface area contributed by atoms with Crippen LogP contribution in [0.25, 0.3) is 0 Å². The maximum absolute atomic E-state index is 12.6. The lowest BCUT2D eigenvalue weighted by molar-refractivity contribution is 0.0638. The fourth-order valence-corrected chi connectivity index (χ4v) is 3.56. The van der Waals surface area contributed by atoms with Crippen LogP contribution >= 0.6 is 23.2 Å². The summed E-state index contributed by atoms with van der Waals surface area (Å²) in [5.41, 5.74) is 3.05. The largest absolute Gasteiger partial charge is 0.336 e. The molecule has 0 unspecified atom stereocenters. The summed E-state index contributed by atoms with van der Waals surface area (Å²) in [4.78, 5) is 16.9. The Hall–Kier alpha value is -1.55.